The first-order valence-electron chi connectivity index (χ1n) is 10.8. The summed E-state index contributed by atoms with van der Waals surface area (Å²) in [4.78, 5) is -0.0723. The topological polar surface area (TPSA) is 97.7 Å². The molecule has 0 aliphatic carbocycles. The predicted molar refractivity (Wildman–Crippen MR) is 127 cm³/mol. The molecule has 0 atom stereocenters. The molecule has 0 amide bonds. The Morgan fingerprint density at radius 3 is 1.84 bits per heavy atom. The highest BCUT2D eigenvalue weighted by Gasteiger charge is 2.29. The van der Waals surface area contributed by atoms with Gasteiger partial charge in [0.25, 0.3) is 10.1 Å². The molecule has 0 bridgehead atoms. The second kappa shape index (κ2) is 9.53. The van der Waals surface area contributed by atoms with Gasteiger partial charge in [-0.15, -0.1) is 0 Å². The highest BCUT2D eigenvalue weighted by atomic mass is 32.2. The Labute approximate surface area is 192 Å². The minimum Gasteiger partial charge on any atom is -0.379 e. The van der Waals surface area contributed by atoms with E-state index in [9.17, 15) is 21.4 Å². The minimum atomic E-state index is -4.46. The van der Waals surface area contributed by atoms with E-state index in [1.807, 2.05) is 32.9 Å². The summed E-state index contributed by atoms with van der Waals surface area (Å²) >= 11 is 0. The molecule has 0 spiro atoms. The largest absolute Gasteiger partial charge is 0.379 e. The molecular weight excluding hydrogens is 448 g/mol. The summed E-state index contributed by atoms with van der Waals surface area (Å²) < 4.78 is 65.9. The summed E-state index contributed by atoms with van der Waals surface area (Å²) in [6, 6.07) is 6.49. The van der Waals surface area contributed by atoms with Gasteiger partial charge in [-0.3, -0.25) is 4.55 Å². The van der Waals surface area contributed by atoms with Crippen LogP contribution in [0.4, 0.5) is 0 Å². The van der Waals surface area contributed by atoms with E-state index in [-0.39, 0.29) is 33.3 Å². The lowest BCUT2D eigenvalue weighted by molar-refractivity contribution is 0.477. The van der Waals surface area contributed by atoms with Gasteiger partial charge >= 0.3 is 10.1 Å². The zero-order valence-corrected chi connectivity index (χ0v) is 21.7. The van der Waals surface area contributed by atoms with E-state index in [0.717, 1.165) is 5.56 Å². The van der Waals surface area contributed by atoms with Gasteiger partial charge in [0.1, 0.15) is 10.6 Å². The van der Waals surface area contributed by atoms with Crippen molar-refractivity contribution in [2.24, 2.45) is 0 Å². The monoisotopic (exact) mass is 482 g/mol. The molecule has 32 heavy (non-hydrogen) atoms. The third-order valence-corrected chi connectivity index (χ3v) is 7.85. The van der Waals surface area contributed by atoms with E-state index in [1.54, 1.807) is 20.8 Å². The average molecular weight is 483 g/mol. The van der Waals surface area contributed by atoms with Crippen molar-refractivity contribution in [1.29, 1.82) is 0 Å². The van der Waals surface area contributed by atoms with E-state index in [4.69, 9.17) is 4.18 Å². The maximum absolute atomic E-state index is 13.5. The molecule has 178 valence electrons. The maximum atomic E-state index is 13.5. The van der Waals surface area contributed by atoms with Crippen molar-refractivity contribution in [3.8, 4) is 5.75 Å². The van der Waals surface area contributed by atoms with Gasteiger partial charge in [0.05, 0.1) is 4.90 Å². The SMILES string of the molecule is CCc1cc(C(C)C)cc(C(C)C)c1S(=O)(=O)Oc1cc(C(C)C)c(S(=O)(=O)O)cc1C. The van der Waals surface area contributed by atoms with E-state index in [2.05, 4.69) is 13.8 Å². The van der Waals surface area contributed by atoms with Crippen LogP contribution in [-0.4, -0.2) is 21.4 Å². The van der Waals surface area contributed by atoms with Gasteiger partial charge in [-0.2, -0.15) is 16.8 Å². The highest BCUT2D eigenvalue weighted by molar-refractivity contribution is 7.87. The molecule has 2 rings (SSSR count). The van der Waals surface area contributed by atoms with Crippen molar-refractivity contribution >= 4 is 20.2 Å². The Balaban J connectivity index is 2.73. The Bertz CT molecular complexity index is 1210. The van der Waals surface area contributed by atoms with Crippen molar-refractivity contribution < 1.29 is 25.6 Å². The van der Waals surface area contributed by atoms with Crippen molar-refractivity contribution in [3.63, 3.8) is 0 Å². The molecule has 0 fully saturated rings. The van der Waals surface area contributed by atoms with Crippen LogP contribution in [0.3, 0.4) is 0 Å². The second-order valence-electron chi connectivity index (χ2n) is 9.08. The number of hydrogen-bond donors (Lipinski definition) is 1. The Kier molecular flexibility index (Phi) is 7.85. The zero-order valence-electron chi connectivity index (χ0n) is 20.1. The summed E-state index contributed by atoms with van der Waals surface area (Å²) in [5.74, 6) is -0.0213. The molecule has 2 aromatic carbocycles. The average Bonchev–Trinajstić information content (AvgIpc) is 2.66. The Morgan fingerprint density at radius 2 is 1.41 bits per heavy atom. The number of aryl methyl sites for hydroxylation is 2. The third-order valence-electron chi connectivity index (χ3n) is 5.54. The standard InChI is InChI=1S/C24H34O6S2/c1-9-18-11-19(14(2)3)12-21(16(6)7)24(18)32(28,29)30-22-13-20(15(4)5)23(10-17(22)8)31(25,26)27/h10-16H,9H2,1-8H3,(H,25,26,27). The van der Waals surface area contributed by atoms with Crippen LogP contribution in [0.25, 0.3) is 0 Å². The first kappa shape index (κ1) is 26.4. The summed E-state index contributed by atoms with van der Waals surface area (Å²) in [7, 11) is -8.66. The number of benzene rings is 2. The molecule has 0 heterocycles. The highest BCUT2D eigenvalue weighted by Crippen LogP contribution is 2.36. The summed E-state index contributed by atoms with van der Waals surface area (Å²) in [6.45, 7) is 15.0. The summed E-state index contributed by atoms with van der Waals surface area (Å²) in [5, 5.41) is 0. The van der Waals surface area contributed by atoms with Crippen LogP contribution in [0.2, 0.25) is 0 Å². The molecule has 0 aliphatic heterocycles. The molecule has 0 unspecified atom stereocenters. The lowest BCUT2D eigenvalue weighted by Crippen LogP contribution is -2.17. The molecule has 0 saturated carbocycles. The summed E-state index contributed by atoms with van der Waals surface area (Å²) in [6.07, 6.45) is 0.524. The third kappa shape index (κ3) is 5.53. The Morgan fingerprint density at radius 1 is 0.844 bits per heavy atom. The van der Waals surface area contributed by atoms with Crippen LogP contribution < -0.4 is 4.18 Å². The zero-order chi connectivity index (χ0) is 24.6. The molecular formula is C24H34O6S2. The van der Waals surface area contributed by atoms with Crippen molar-refractivity contribution in [2.75, 3.05) is 0 Å². The number of hydrogen-bond acceptors (Lipinski definition) is 5. The van der Waals surface area contributed by atoms with Crippen molar-refractivity contribution in [1.82, 2.24) is 0 Å². The first-order valence-corrected chi connectivity index (χ1v) is 13.7. The minimum absolute atomic E-state index is 0.0402. The predicted octanol–water partition coefficient (Wildman–Crippen LogP) is 5.94. The smallest absolute Gasteiger partial charge is 0.339 e. The van der Waals surface area contributed by atoms with E-state index in [1.165, 1.54) is 12.1 Å². The number of rotatable bonds is 8. The van der Waals surface area contributed by atoms with Crippen LogP contribution in [0.15, 0.2) is 34.1 Å². The molecule has 0 aliphatic rings. The second-order valence-corrected chi connectivity index (χ2v) is 12.0. The molecule has 0 saturated heterocycles. The van der Waals surface area contributed by atoms with Gasteiger partial charge in [0, 0.05) is 0 Å². The first-order chi connectivity index (χ1) is 14.6. The lowest BCUT2D eigenvalue weighted by Gasteiger charge is -2.21. The molecule has 2 aromatic rings. The van der Waals surface area contributed by atoms with Crippen molar-refractivity contribution in [3.05, 3.63) is 52.1 Å². The van der Waals surface area contributed by atoms with Gasteiger partial charge in [0.15, 0.2) is 0 Å². The lowest BCUT2D eigenvalue weighted by atomic mass is 9.92. The summed E-state index contributed by atoms with van der Waals surface area (Å²) in [5.41, 5.74) is 3.05. The molecule has 1 N–H and O–H groups in total. The van der Waals surface area contributed by atoms with Gasteiger partial charge in [0.2, 0.25) is 0 Å². The van der Waals surface area contributed by atoms with E-state index in [0.29, 0.717) is 28.7 Å². The molecule has 0 radical (unpaired) electrons. The van der Waals surface area contributed by atoms with Crippen LogP contribution in [0.1, 0.15) is 94.0 Å². The fourth-order valence-electron chi connectivity index (χ4n) is 3.67. The normalized spacial score (nSPS) is 12.8. The molecule has 0 aromatic heterocycles. The molecule has 6 nitrogen and oxygen atoms in total. The van der Waals surface area contributed by atoms with Gasteiger partial charge < -0.3 is 4.18 Å². The van der Waals surface area contributed by atoms with Crippen LogP contribution in [-0.2, 0) is 26.7 Å². The van der Waals surface area contributed by atoms with Crippen LogP contribution in [0, 0.1) is 6.92 Å². The van der Waals surface area contributed by atoms with Crippen LogP contribution in [0.5, 0.6) is 5.75 Å². The van der Waals surface area contributed by atoms with Crippen LogP contribution >= 0.6 is 0 Å². The van der Waals surface area contributed by atoms with Gasteiger partial charge in [-0.05, 0) is 71.0 Å². The van der Waals surface area contributed by atoms with E-state index < -0.39 is 20.2 Å². The van der Waals surface area contributed by atoms with Crippen molar-refractivity contribution in [2.45, 2.75) is 89.4 Å². The van der Waals surface area contributed by atoms with E-state index >= 15 is 0 Å². The Hall–Kier alpha value is -1.90. The maximum Gasteiger partial charge on any atom is 0.339 e. The van der Waals surface area contributed by atoms with Gasteiger partial charge in [-0.1, -0.05) is 60.6 Å². The fraction of sp³-hybridized carbons (Fsp3) is 0.500. The van der Waals surface area contributed by atoms with Gasteiger partial charge in [-0.25, -0.2) is 0 Å². The fourth-order valence-corrected chi connectivity index (χ4v) is 6.20. The quantitative estimate of drug-likeness (QED) is 0.369. The molecule has 8 heteroatoms.